The number of halogens is 1. The summed E-state index contributed by atoms with van der Waals surface area (Å²) in [6.07, 6.45) is 2.07. The van der Waals surface area contributed by atoms with E-state index in [0.717, 1.165) is 12.8 Å². The molecule has 0 heterocycles. The van der Waals surface area contributed by atoms with Crippen LogP contribution in [0.25, 0.3) is 0 Å². The summed E-state index contributed by atoms with van der Waals surface area (Å²) in [7, 11) is 0. The molecule has 88 valence electrons. The summed E-state index contributed by atoms with van der Waals surface area (Å²) in [5.74, 6) is -0.346. The Kier molecular flexibility index (Phi) is 5.50. The van der Waals surface area contributed by atoms with E-state index >= 15 is 0 Å². The van der Waals surface area contributed by atoms with Crippen LogP contribution in [-0.2, 0) is 11.3 Å². The number of amides is 1. The van der Waals surface area contributed by atoms with E-state index in [0.29, 0.717) is 18.5 Å². The lowest BCUT2D eigenvalue weighted by Gasteiger charge is -2.05. The zero-order chi connectivity index (χ0) is 11.8. The van der Waals surface area contributed by atoms with Crippen LogP contribution in [-0.4, -0.2) is 12.5 Å². The van der Waals surface area contributed by atoms with Crippen molar-refractivity contribution in [2.75, 3.05) is 6.54 Å². The zero-order valence-electron chi connectivity index (χ0n) is 9.21. The number of nitrogens with one attached hydrogen (secondary N) is 1. The molecular formula is C12H17FN2O. The average molecular weight is 224 g/mol. The topological polar surface area (TPSA) is 55.1 Å². The Morgan fingerprint density at radius 2 is 2.06 bits per heavy atom. The largest absolute Gasteiger partial charge is 0.352 e. The molecule has 0 atom stereocenters. The van der Waals surface area contributed by atoms with Gasteiger partial charge in [0.25, 0.3) is 0 Å². The van der Waals surface area contributed by atoms with E-state index in [1.807, 2.05) is 0 Å². The van der Waals surface area contributed by atoms with Gasteiger partial charge in [0.15, 0.2) is 0 Å². The minimum absolute atomic E-state index is 0.0586. The molecular weight excluding hydrogens is 207 g/mol. The van der Waals surface area contributed by atoms with Crippen LogP contribution in [0.4, 0.5) is 4.39 Å². The maximum Gasteiger partial charge on any atom is 0.220 e. The van der Waals surface area contributed by atoms with E-state index < -0.39 is 0 Å². The van der Waals surface area contributed by atoms with Crippen molar-refractivity contribution >= 4 is 5.91 Å². The summed E-state index contributed by atoms with van der Waals surface area (Å²) in [5, 5.41) is 2.68. The molecule has 0 unspecified atom stereocenters. The van der Waals surface area contributed by atoms with Crippen molar-refractivity contribution in [3.05, 3.63) is 35.6 Å². The van der Waals surface area contributed by atoms with Gasteiger partial charge >= 0.3 is 0 Å². The van der Waals surface area contributed by atoms with Crippen LogP contribution < -0.4 is 11.1 Å². The highest BCUT2D eigenvalue weighted by molar-refractivity contribution is 5.75. The van der Waals surface area contributed by atoms with Crippen LogP contribution in [0.3, 0.4) is 0 Å². The molecule has 0 radical (unpaired) electrons. The number of carbonyl (C=O) groups is 1. The number of hydrogen-bond acceptors (Lipinski definition) is 2. The summed E-state index contributed by atoms with van der Waals surface area (Å²) < 4.78 is 13.2. The summed E-state index contributed by atoms with van der Waals surface area (Å²) in [6, 6.07) is 6.42. The lowest BCUT2D eigenvalue weighted by Crippen LogP contribution is -2.23. The monoisotopic (exact) mass is 224 g/mol. The fraction of sp³-hybridized carbons (Fsp3) is 0.417. The Morgan fingerprint density at radius 1 is 1.31 bits per heavy atom. The van der Waals surface area contributed by atoms with Crippen molar-refractivity contribution in [3.63, 3.8) is 0 Å². The maximum atomic E-state index is 13.2. The number of rotatable bonds is 6. The smallest absolute Gasteiger partial charge is 0.220 e. The van der Waals surface area contributed by atoms with Crippen LogP contribution in [0.5, 0.6) is 0 Å². The van der Waals surface area contributed by atoms with E-state index in [2.05, 4.69) is 5.32 Å². The van der Waals surface area contributed by atoms with Gasteiger partial charge in [0.05, 0.1) is 0 Å². The van der Waals surface area contributed by atoms with Gasteiger partial charge in [0.1, 0.15) is 5.82 Å². The van der Waals surface area contributed by atoms with Gasteiger partial charge in [-0.3, -0.25) is 4.79 Å². The zero-order valence-corrected chi connectivity index (χ0v) is 9.21. The standard InChI is InChI=1S/C12H17FN2O/c13-11-6-2-1-5-10(11)9-15-12(16)7-3-4-8-14/h1-2,5-6H,3-4,7-9,14H2,(H,15,16). The van der Waals surface area contributed by atoms with E-state index in [1.165, 1.54) is 6.07 Å². The molecule has 1 aromatic rings. The van der Waals surface area contributed by atoms with Gasteiger partial charge in [0.2, 0.25) is 5.91 Å². The molecule has 1 rings (SSSR count). The van der Waals surface area contributed by atoms with Crippen molar-refractivity contribution in [1.29, 1.82) is 0 Å². The Balaban J connectivity index is 2.29. The molecule has 0 aliphatic rings. The fourth-order valence-electron chi connectivity index (χ4n) is 1.35. The first-order valence-electron chi connectivity index (χ1n) is 5.44. The van der Waals surface area contributed by atoms with Gasteiger partial charge in [-0.2, -0.15) is 0 Å². The second kappa shape index (κ2) is 6.95. The van der Waals surface area contributed by atoms with Crippen LogP contribution in [0.1, 0.15) is 24.8 Å². The van der Waals surface area contributed by atoms with E-state index in [4.69, 9.17) is 5.73 Å². The van der Waals surface area contributed by atoms with E-state index in [9.17, 15) is 9.18 Å². The number of unbranched alkanes of at least 4 members (excludes halogenated alkanes) is 1. The SMILES string of the molecule is NCCCCC(=O)NCc1ccccc1F. The highest BCUT2D eigenvalue weighted by Crippen LogP contribution is 2.05. The second-order valence-electron chi connectivity index (χ2n) is 3.61. The molecule has 0 aromatic heterocycles. The highest BCUT2D eigenvalue weighted by Gasteiger charge is 2.03. The summed E-state index contributed by atoms with van der Waals surface area (Å²) in [5.41, 5.74) is 5.83. The minimum Gasteiger partial charge on any atom is -0.352 e. The molecule has 0 aliphatic heterocycles. The van der Waals surface area contributed by atoms with Crippen molar-refractivity contribution in [2.24, 2.45) is 5.73 Å². The lowest BCUT2D eigenvalue weighted by atomic mass is 10.2. The Labute approximate surface area is 94.8 Å². The number of carbonyl (C=O) groups excluding carboxylic acids is 1. The number of nitrogens with two attached hydrogens (primary N) is 1. The van der Waals surface area contributed by atoms with Crippen LogP contribution in [0.2, 0.25) is 0 Å². The van der Waals surface area contributed by atoms with Gasteiger partial charge in [-0.15, -0.1) is 0 Å². The van der Waals surface area contributed by atoms with Gasteiger partial charge < -0.3 is 11.1 Å². The third-order valence-corrected chi connectivity index (χ3v) is 2.29. The Morgan fingerprint density at radius 3 is 2.75 bits per heavy atom. The fourth-order valence-corrected chi connectivity index (χ4v) is 1.35. The predicted octanol–water partition coefficient (Wildman–Crippen LogP) is 1.57. The van der Waals surface area contributed by atoms with Crippen molar-refractivity contribution in [1.82, 2.24) is 5.32 Å². The Hall–Kier alpha value is -1.42. The van der Waals surface area contributed by atoms with Crippen LogP contribution in [0, 0.1) is 5.82 Å². The average Bonchev–Trinajstić information content (AvgIpc) is 2.28. The number of hydrogen-bond donors (Lipinski definition) is 2. The molecule has 0 fully saturated rings. The molecule has 0 saturated carbocycles. The van der Waals surface area contributed by atoms with Crippen LogP contribution >= 0.6 is 0 Å². The summed E-state index contributed by atoms with van der Waals surface area (Å²) >= 11 is 0. The van der Waals surface area contributed by atoms with Crippen molar-refractivity contribution in [3.8, 4) is 0 Å². The molecule has 0 bridgehead atoms. The molecule has 3 nitrogen and oxygen atoms in total. The molecule has 0 aliphatic carbocycles. The Bertz CT molecular complexity index is 342. The molecule has 1 amide bonds. The first kappa shape index (κ1) is 12.6. The van der Waals surface area contributed by atoms with Gasteiger partial charge in [-0.25, -0.2) is 4.39 Å². The van der Waals surface area contributed by atoms with E-state index in [-0.39, 0.29) is 18.3 Å². The first-order chi connectivity index (χ1) is 7.74. The van der Waals surface area contributed by atoms with Gasteiger partial charge in [0, 0.05) is 18.5 Å². The predicted molar refractivity (Wildman–Crippen MR) is 61.2 cm³/mol. The van der Waals surface area contributed by atoms with Gasteiger partial charge in [-0.1, -0.05) is 18.2 Å². The molecule has 4 heteroatoms. The summed E-state index contributed by atoms with van der Waals surface area (Å²) in [6.45, 7) is 0.842. The normalized spacial score (nSPS) is 10.1. The quantitative estimate of drug-likeness (QED) is 0.721. The lowest BCUT2D eigenvalue weighted by molar-refractivity contribution is -0.121. The molecule has 1 aromatic carbocycles. The third-order valence-electron chi connectivity index (χ3n) is 2.29. The first-order valence-corrected chi connectivity index (χ1v) is 5.44. The second-order valence-corrected chi connectivity index (χ2v) is 3.61. The van der Waals surface area contributed by atoms with E-state index in [1.54, 1.807) is 18.2 Å². The molecule has 3 N–H and O–H groups in total. The number of benzene rings is 1. The van der Waals surface area contributed by atoms with Gasteiger partial charge in [-0.05, 0) is 25.5 Å². The van der Waals surface area contributed by atoms with Crippen molar-refractivity contribution in [2.45, 2.75) is 25.8 Å². The van der Waals surface area contributed by atoms with Crippen molar-refractivity contribution < 1.29 is 9.18 Å². The van der Waals surface area contributed by atoms with Crippen LogP contribution in [0.15, 0.2) is 24.3 Å². The highest BCUT2D eigenvalue weighted by atomic mass is 19.1. The molecule has 16 heavy (non-hydrogen) atoms. The molecule has 0 saturated heterocycles. The summed E-state index contributed by atoms with van der Waals surface area (Å²) in [4.78, 5) is 11.3. The minimum atomic E-state index is -0.287. The maximum absolute atomic E-state index is 13.2. The third kappa shape index (κ3) is 4.40. The molecule has 0 spiro atoms.